The first-order valence-electron chi connectivity index (χ1n) is 9.86. The average molecular weight is 442 g/mol. The molecule has 0 saturated carbocycles. The summed E-state index contributed by atoms with van der Waals surface area (Å²) >= 11 is 1.02. The molecule has 3 rings (SSSR count). The quantitative estimate of drug-likeness (QED) is 0.551. The number of pyridine rings is 1. The van der Waals surface area contributed by atoms with Gasteiger partial charge in [-0.2, -0.15) is 0 Å². The van der Waals surface area contributed by atoms with Crippen LogP contribution in [0.5, 0.6) is 0 Å². The average Bonchev–Trinajstić information content (AvgIpc) is 3.11. The minimum atomic E-state index is -1.02. The van der Waals surface area contributed by atoms with Gasteiger partial charge in [0.2, 0.25) is 0 Å². The number of aryl methyl sites for hydroxylation is 2. The molecule has 31 heavy (non-hydrogen) atoms. The van der Waals surface area contributed by atoms with Gasteiger partial charge >= 0.3 is 11.9 Å². The van der Waals surface area contributed by atoms with Gasteiger partial charge in [0, 0.05) is 11.1 Å². The summed E-state index contributed by atoms with van der Waals surface area (Å²) in [6.45, 7) is 7.15. The number of aromatic nitrogens is 2. The van der Waals surface area contributed by atoms with Gasteiger partial charge < -0.3 is 9.47 Å². The van der Waals surface area contributed by atoms with Crippen LogP contribution in [0.2, 0.25) is 0 Å². The molecule has 0 spiro atoms. The summed E-state index contributed by atoms with van der Waals surface area (Å²) < 4.78 is 10.5. The van der Waals surface area contributed by atoms with Crippen molar-refractivity contribution < 1.29 is 23.9 Å². The van der Waals surface area contributed by atoms with Gasteiger partial charge in [-0.1, -0.05) is 36.5 Å². The lowest BCUT2D eigenvalue weighted by molar-refractivity contribution is -0.124. The topological polar surface area (TPSA) is 107 Å². The Balaban J connectivity index is 1.76. The number of esters is 2. The third-order valence-corrected chi connectivity index (χ3v) is 5.52. The van der Waals surface area contributed by atoms with E-state index in [9.17, 15) is 14.4 Å². The van der Waals surface area contributed by atoms with Gasteiger partial charge in [-0.25, -0.2) is 14.6 Å². The zero-order valence-corrected chi connectivity index (χ0v) is 18.5. The fraction of sp³-hybridized carbons (Fsp3) is 0.318. The van der Waals surface area contributed by atoms with E-state index in [0.29, 0.717) is 32.7 Å². The number of amides is 1. The highest BCUT2D eigenvalue weighted by Crippen LogP contribution is 2.24. The molecule has 0 aliphatic carbocycles. The minimum Gasteiger partial charge on any atom is -0.462 e. The lowest BCUT2D eigenvalue weighted by atomic mass is 10.1. The van der Waals surface area contributed by atoms with Crippen molar-refractivity contribution in [3.8, 4) is 0 Å². The van der Waals surface area contributed by atoms with E-state index in [0.717, 1.165) is 11.3 Å². The number of hydrogen-bond acceptors (Lipinski definition) is 8. The predicted octanol–water partition coefficient (Wildman–Crippen LogP) is 4.06. The summed E-state index contributed by atoms with van der Waals surface area (Å²) in [5, 5.41) is 3.52. The van der Waals surface area contributed by atoms with E-state index in [1.165, 1.54) is 0 Å². The zero-order valence-electron chi connectivity index (χ0n) is 17.7. The fourth-order valence-electron chi connectivity index (χ4n) is 3.01. The maximum atomic E-state index is 12.9. The van der Waals surface area contributed by atoms with E-state index in [1.54, 1.807) is 39.8 Å². The number of ether oxygens (including phenoxy) is 2. The Morgan fingerprint density at radius 3 is 2.55 bits per heavy atom. The molecule has 0 unspecified atom stereocenters. The van der Waals surface area contributed by atoms with Crippen LogP contribution in [0, 0.1) is 13.8 Å². The maximum absolute atomic E-state index is 12.9. The van der Waals surface area contributed by atoms with Gasteiger partial charge in [-0.05, 0) is 39.3 Å². The molecule has 1 aromatic carbocycles. The van der Waals surface area contributed by atoms with Crippen molar-refractivity contribution in [2.24, 2.45) is 0 Å². The molecule has 2 heterocycles. The molecule has 0 fully saturated rings. The molecule has 1 atom stereocenters. The third kappa shape index (κ3) is 5.05. The Kier molecular flexibility index (Phi) is 6.96. The number of rotatable bonds is 7. The van der Waals surface area contributed by atoms with Crippen LogP contribution < -0.4 is 5.32 Å². The number of fused-ring (bicyclic) bond motifs is 1. The zero-order chi connectivity index (χ0) is 22.5. The first-order valence-corrected chi connectivity index (χ1v) is 10.7. The van der Waals surface area contributed by atoms with E-state index < -0.39 is 23.9 Å². The first kappa shape index (κ1) is 22.4. The molecule has 1 N–H and O–H groups in total. The molecule has 2 aromatic heterocycles. The molecule has 3 aromatic rings. The second-order valence-corrected chi connectivity index (χ2v) is 7.77. The SMILES string of the molecule is CCOC(=O)c1sc(NC(=O)[C@H](CC)OC(=O)c2cc(C)nc3ccccc23)nc1C. The van der Waals surface area contributed by atoms with Crippen LogP contribution in [-0.4, -0.2) is 40.5 Å². The highest BCUT2D eigenvalue weighted by Gasteiger charge is 2.25. The van der Waals surface area contributed by atoms with Crippen LogP contribution in [0.4, 0.5) is 5.13 Å². The standard InChI is InChI=1S/C22H23N3O5S/c1-5-17(19(26)25-22-24-13(4)18(31-22)21(28)29-6-2)30-20(27)15-11-12(3)23-16-10-8-7-9-14(15)16/h7-11,17H,5-6H2,1-4H3,(H,24,25,26)/t17-/m0/s1. The molecule has 0 aliphatic rings. The molecule has 9 heteroatoms. The number of anilines is 1. The Hall–Kier alpha value is -3.33. The number of benzene rings is 1. The van der Waals surface area contributed by atoms with Crippen LogP contribution in [-0.2, 0) is 14.3 Å². The van der Waals surface area contributed by atoms with Crippen molar-refractivity contribution in [3.05, 3.63) is 52.2 Å². The number of para-hydroxylation sites is 1. The van der Waals surface area contributed by atoms with Gasteiger partial charge in [0.15, 0.2) is 11.2 Å². The smallest absolute Gasteiger partial charge is 0.350 e. The number of carbonyl (C=O) groups excluding carboxylic acids is 3. The summed E-state index contributed by atoms with van der Waals surface area (Å²) in [4.78, 5) is 46.4. The van der Waals surface area contributed by atoms with Crippen molar-refractivity contribution in [1.82, 2.24) is 9.97 Å². The molecule has 0 saturated heterocycles. The van der Waals surface area contributed by atoms with E-state index in [4.69, 9.17) is 9.47 Å². The van der Waals surface area contributed by atoms with Crippen molar-refractivity contribution in [1.29, 1.82) is 0 Å². The van der Waals surface area contributed by atoms with Gasteiger partial charge in [0.1, 0.15) is 4.88 Å². The molecule has 8 nitrogen and oxygen atoms in total. The minimum absolute atomic E-state index is 0.241. The number of thiazole rings is 1. The highest BCUT2D eigenvalue weighted by molar-refractivity contribution is 7.17. The molecular formula is C22H23N3O5S. The third-order valence-electron chi connectivity index (χ3n) is 4.46. The van der Waals surface area contributed by atoms with Crippen LogP contribution in [0.15, 0.2) is 30.3 Å². The number of nitrogens with zero attached hydrogens (tertiary/aromatic N) is 2. The van der Waals surface area contributed by atoms with Crippen LogP contribution >= 0.6 is 11.3 Å². The molecular weight excluding hydrogens is 418 g/mol. The van der Waals surface area contributed by atoms with Gasteiger partial charge in [-0.15, -0.1) is 0 Å². The van der Waals surface area contributed by atoms with Gasteiger partial charge in [-0.3, -0.25) is 15.1 Å². The Morgan fingerprint density at radius 2 is 1.84 bits per heavy atom. The monoisotopic (exact) mass is 441 g/mol. The summed E-state index contributed by atoms with van der Waals surface area (Å²) in [7, 11) is 0. The van der Waals surface area contributed by atoms with E-state index in [2.05, 4.69) is 15.3 Å². The molecule has 0 radical (unpaired) electrons. The van der Waals surface area contributed by atoms with Crippen molar-refractivity contribution >= 4 is 45.2 Å². The largest absolute Gasteiger partial charge is 0.462 e. The summed E-state index contributed by atoms with van der Waals surface area (Å²) in [5.74, 6) is -1.61. The van der Waals surface area contributed by atoms with Crippen LogP contribution in [0.3, 0.4) is 0 Å². The lowest BCUT2D eigenvalue weighted by Crippen LogP contribution is -2.32. The number of hydrogen-bond donors (Lipinski definition) is 1. The Morgan fingerprint density at radius 1 is 1.10 bits per heavy atom. The summed E-state index contributed by atoms with van der Waals surface area (Å²) in [6, 6.07) is 8.90. The highest BCUT2D eigenvalue weighted by atomic mass is 32.1. The first-order chi connectivity index (χ1) is 14.8. The normalized spacial score (nSPS) is 11.7. The molecule has 1 amide bonds. The summed E-state index contributed by atoms with van der Waals surface area (Å²) in [5.41, 5.74) is 2.16. The van der Waals surface area contributed by atoms with Crippen LogP contribution in [0.25, 0.3) is 10.9 Å². The van der Waals surface area contributed by atoms with Crippen molar-refractivity contribution in [3.63, 3.8) is 0 Å². The Labute approximate surface area is 183 Å². The molecule has 162 valence electrons. The maximum Gasteiger partial charge on any atom is 0.350 e. The second kappa shape index (κ2) is 9.65. The Bertz CT molecular complexity index is 1140. The lowest BCUT2D eigenvalue weighted by Gasteiger charge is -2.16. The van der Waals surface area contributed by atoms with Crippen molar-refractivity contribution in [2.75, 3.05) is 11.9 Å². The molecule has 0 bridgehead atoms. The fourth-order valence-corrected chi connectivity index (χ4v) is 3.88. The predicted molar refractivity (Wildman–Crippen MR) is 117 cm³/mol. The summed E-state index contributed by atoms with van der Waals surface area (Å²) in [6.07, 6.45) is -0.746. The van der Waals surface area contributed by atoms with Crippen LogP contribution in [0.1, 0.15) is 51.7 Å². The number of nitrogens with one attached hydrogen (secondary N) is 1. The van der Waals surface area contributed by atoms with E-state index in [-0.39, 0.29) is 18.2 Å². The van der Waals surface area contributed by atoms with E-state index in [1.807, 2.05) is 18.2 Å². The van der Waals surface area contributed by atoms with E-state index >= 15 is 0 Å². The van der Waals surface area contributed by atoms with Gasteiger partial charge in [0.05, 0.1) is 23.4 Å². The van der Waals surface area contributed by atoms with Crippen molar-refractivity contribution in [2.45, 2.75) is 40.2 Å². The number of carbonyl (C=O) groups is 3. The van der Waals surface area contributed by atoms with Gasteiger partial charge in [0.25, 0.3) is 5.91 Å². The molecule has 0 aliphatic heterocycles. The second-order valence-electron chi connectivity index (χ2n) is 6.77.